The van der Waals surface area contributed by atoms with Crippen molar-refractivity contribution >= 4 is 29.6 Å². The van der Waals surface area contributed by atoms with Crippen molar-refractivity contribution in [2.24, 2.45) is 0 Å². The average molecular weight is 265 g/mol. The van der Waals surface area contributed by atoms with Gasteiger partial charge in [0.05, 0.1) is 0 Å². The van der Waals surface area contributed by atoms with Crippen molar-refractivity contribution in [3.63, 3.8) is 0 Å². The summed E-state index contributed by atoms with van der Waals surface area (Å²) in [5.74, 6) is -3.79. The Bertz CT molecular complexity index is 317. The van der Waals surface area contributed by atoms with Crippen LogP contribution in [0.1, 0.15) is 20.3 Å². The van der Waals surface area contributed by atoms with Gasteiger partial charge in [-0.15, -0.1) is 11.8 Å². The number of nitrogens with one attached hydrogen (secondary N) is 1. The van der Waals surface area contributed by atoms with Crippen LogP contribution >= 0.6 is 11.8 Å². The minimum atomic E-state index is -2.64. The maximum Gasteiger partial charge on any atom is 0.345 e. The van der Waals surface area contributed by atoms with Crippen molar-refractivity contribution in [3.05, 3.63) is 0 Å². The largest absolute Gasteiger partial charge is 0.479 e. The highest BCUT2D eigenvalue weighted by Crippen LogP contribution is 2.12. The number of aliphatic carboxylic acids is 2. The lowest BCUT2D eigenvalue weighted by Gasteiger charge is -2.20. The van der Waals surface area contributed by atoms with Crippen LogP contribution in [0.25, 0.3) is 0 Å². The van der Waals surface area contributed by atoms with Crippen molar-refractivity contribution < 1.29 is 29.7 Å². The summed E-state index contributed by atoms with van der Waals surface area (Å²) in [5, 5.41) is 27.4. The van der Waals surface area contributed by atoms with E-state index in [2.05, 4.69) is 0 Å². The number of amides is 1. The van der Waals surface area contributed by atoms with E-state index in [-0.39, 0.29) is 0 Å². The number of hydrogen-bond acceptors (Lipinski definition) is 5. The fraction of sp³-hybridized carbons (Fsp3) is 0.667. The third-order valence-electron chi connectivity index (χ3n) is 1.83. The zero-order chi connectivity index (χ0) is 13.6. The first-order valence-electron chi connectivity index (χ1n) is 4.84. The quantitative estimate of drug-likeness (QED) is 0.361. The van der Waals surface area contributed by atoms with E-state index < -0.39 is 28.8 Å². The highest BCUT2D eigenvalue weighted by molar-refractivity contribution is 8.00. The molecule has 1 amide bonds. The number of hydrogen-bond donors (Lipinski definition) is 4. The number of carboxylic acid groups (broad SMARTS) is 2. The molecular formula is C9H15NO6S. The van der Waals surface area contributed by atoms with Gasteiger partial charge in [0.25, 0.3) is 5.91 Å². The lowest BCUT2D eigenvalue weighted by Crippen LogP contribution is -2.54. The number of carboxylic acids is 2. The summed E-state index contributed by atoms with van der Waals surface area (Å²) in [6.07, 6.45) is 0.708. The van der Waals surface area contributed by atoms with Crippen LogP contribution in [0.2, 0.25) is 0 Å². The van der Waals surface area contributed by atoms with E-state index in [4.69, 9.17) is 10.2 Å². The second kappa shape index (κ2) is 6.45. The molecule has 0 radical (unpaired) electrons. The van der Waals surface area contributed by atoms with Gasteiger partial charge in [0.15, 0.2) is 5.37 Å². The lowest BCUT2D eigenvalue weighted by atomic mass is 10.1. The zero-order valence-corrected chi connectivity index (χ0v) is 10.3. The normalized spacial score (nSPS) is 15.7. The summed E-state index contributed by atoms with van der Waals surface area (Å²) in [5.41, 5.74) is -2.64. The van der Waals surface area contributed by atoms with Gasteiger partial charge in [-0.2, -0.15) is 0 Å². The average Bonchev–Trinajstić information content (AvgIpc) is 2.22. The summed E-state index contributed by atoms with van der Waals surface area (Å²) in [4.78, 5) is 32.7. The molecule has 2 unspecified atom stereocenters. The maximum atomic E-state index is 11.4. The lowest BCUT2D eigenvalue weighted by molar-refractivity contribution is -0.165. The van der Waals surface area contributed by atoms with Crippen molar-refractivity contribution in [3.8, 4) is 0 Å². The van der Waals surface area contributed by atoms with Gasteiger partial charge < -0.3 is 20.6 Å². The maximum absolute atomic E-state index is 11.4. The Morgan fingerprint density at radius 2 is 1.88 bits per heavy atom. The molecule has 0 aromatic rings. The predicted molar refractivity (Wildman–Crippen MR) is 60.6 cm³/mol. The van der Waals surface area contributed by atoms with E-state index in [0.717, 1.165) is 18.7 Å². The highest BCUT2D eigenvalue weighted by atomic mass is 32.2. The molecule has 98 valence electrons. The minimum absolute atomic E-state index is 0.493. The predicted octanol–water partition coefficient (Wildman–Crippen LogP) is -0.508. The molecule has 0 aromatic carbocycles. The second-order valence-corrected chi connectivity index (χ2v) is 4.65. The zero-order valence-electron chi connectivity index (χ0n) is 9.47. The Morgan fingerprint density at radius 3 is 2.24 bits per heavy atom. The highest BCUT2D eigenvalue weighted by Gasteiger charge is 2.40. The standard InChI is InChI=1S/C9H15NO6S/c1-3-4-17-5(6(11)12)10-7(13)9(2,16)8(14)15/h5,16H,3-4H2,1-2H3,(H,10,13)(H,11,12)(H,14,15). The van der Waals surface area contributed by atoms with Crippen LogP contribution in [-0.2, 0) is 14.4 Å². The fourth-order valence-electron chi connectivity index (χ4n) is 0.767. The molecule has 0 saturated carbocycles. The van der Waals surface area contributed by atoms with Crippen LogP contribution in [0.5, 0.6) is 0 Å². The third kappa shape index (κ3) is 4.61. The van der Waals surface area contributed by atoms with Gasteiger partial charge in [0.1, 0.15) is 0 Å². The Kier molecular flexibility index (Phi) is 5.97. The molecule has 0 aromatic heterocycles. The molecule has 17 heavy (non-hydrogen) atoms. The molecule has 4 N–H and O–H groups in total. The Labute approximate surface area is 102 Å². The number of rotatable bonds is 7. The van der Waals surface area contributed by atoms with E-state index in [1.54, 1.807) is 0 Å². The molecule has 0 rings (SSSR count). The van der Waals surface area contributed by atoms with Crippen LogP contribution in [-0.4, -0.2) is 49.9 Å². The van der Waals surface area contributed by atoms with Crippen molar-refractivity contribution in [1.29, 1.82) is 0 Å². The number of carbonyl (C=O) groups is 3. The van der Waals surface area contributed by atoms with Crippen LogP contribution < -0.4 is 5.32 Å². The van der Waals surface area contributed by atoms with Gasteiger partial charge in [-0.05, 0) is 19.1 Å². The fourth-order valence-corrected chi connectivity index (χ4v) is 1.57. The van der Waals surface area contributed by atoms with E-state index in [1.165, 1.54) is 0 Å². The first kappa shape index (κ1) is 15.7. The summed E-state index contributed by atoms with van der Waals surface area (Å²) in [6.45, 7) is 2.62. The third-order valence-corrected chi connectivity index (χ3v) is 3.13. The van der Waals surface area contributed by atoms with E-state index in [0.29, 0.717) is 12.2 Å². The Morgan fingerprint density at radius 1 is 1.35 bits per heavy atom. The topological polar surface area (TPSA) is 124 Å². The molecule has 0 bridgehead atoms. The van der Waals surface area contributed by atoms with Crippen molar-refractivity contribution in [2.45, 2.75) is 31.2 Å². The van der Waals surface area contributed by atoms with Gasteiger partial charge in [0.2, 0.25) is 5.60 Å². The van der Waals surface area contributed by atoms with Gasteiger partial charge in [-0.1, -0.05) is 6.92 Å². The number of aliphatic hydroxyl groups is 1. The van der Waals surface area contributed by atoms with Crippen LogP contribution in [0.3, 0.4) is 0 Å². The molecule has 0 aliphatic carbocycles. The number of thioether (sulfide) groups is 1. The van der Waals surface area contributed by atoms with Crippen molar-refractivity contribution in [1.82, 2.24) is 5.32 Å². The van der Waals surface area contributed by atoms with E-state index >= 15 is 0 Å². The molecule has 7 nitrogen and oxygen atoms in total. The van der Waals surface area contributed by atoms with Gasteiger partial charge in [-0.3, -0.25) is 4.79 Å². The first-order valence-corrected chi connectivity index (χ1v) is 5.89. The SMILES string of the molecule is CCCSC(NC(=O)C(C)(O)C(=O)O)C(=O)O. The van der Waals surface area contributed by atoms with E-state index in [9.17, 15) is 19.5 Å². The first-order chi connectivity index (χ1) is 7.73. The monoisotopic (exact) mass is 265 g/mol. The number of carbonyl (C=O) groups excluding carboxylic acids is 1. The van der Waals surface area contributed by atoms with Crippen LogP contribution in [0.4, 0.5) is 0 Å². The molecule has 2 atom stereocenters. The summed E-state index contributed by atoms with van der Waals surface area (Å²) >= 11 is 0.950. The second-order valence-electron chi connectivity index (χ2n) is 3.44. The van der Waals surface area contributed by atoms with Crippen LogP contribution in [0, 0.1) is 0 Å². The van der Waals surface area contributed by atoms with Crippen molar-refractivity contribution in [2.75, 3.05) is 5.75 Å². The molecule has 0 aliphatic rings. The summed E-state index contributed by atoms with van der Waals surface area (Å²) in [7, 11) is 0. The van der Waals surface area contributed by atoms with Crippen LogP contribution in [0.15, 0.2) is 0 Å². The Balaban J connectivity index is 4.61. The molecule has 0 spiro atoms. The molecule has 0 fully saturated rings. The molecule has 0 saturated heterocycles. The van der Waals surface area contributed by atoms with Gasteiger partial charge in [0, 0.05) is 0 Å². The molecule has 0 aliphatic heterocycles. The smallest absolute Gasteiger partial charge is 0.345 e. The van der Waals surface area contributed by atoms with E-state index in [1.807, 2.05) is 12.2 Å². The summed E-state index contributed by atoms with van der Waals surface area (Å²) < 4.78 is 0. The molecule has 0 heterocycles. The van der Waals surface area contributed by atoms with Gasteiger partial charge in [-0.25, -0.2) is 9.59 Å². The molecule has 8 heteroatoms. The van der Waals surface area contributed by atoms with Gasteiger partial charge >= 0.3 is 11.9 Å². The molecular weight excluding hydrogens is 250 g/mol. The summed E-state index contributed by atoms with van der Waals surface area (Å²) in [6, 6.07) is 0. The Hall–Kier alpha value is -1.28. The minimum Gasteiger partial charge on any atom is -0.479 e.